The number of halogens is 2. The summed E-state index contributed by atoms with van der Waals surface area (Å²) in [6.07, 6.45) is 1.43. The molecule has 1 fully saturated rings. The lowest BCUT2D eigenvalue weighted by molar-refractivity contribution is 0.599. The molecular formula is C7H12I2. The predicted molar refractivity (Wildman–Crippen MR) is 58.6 cm³/mol. The molecule has 0 bridgehead atoms. The van der Waals surface area contributed by atoms with E-state index in [1.807, 2.05) is 0 Å². The minimum atomic E-state index is 0.921. The maximum Gasteiger partial charge on any atom is 0.0171 e. The van der Waals surface area contributed by atoms with Crippen LogP contribution in [-0.2, 0) is 0 Å². The van der Waals surface area contributed by atoms with Crippen molar-refractivity contribution in [3.05, 3.63) is 0 Å². The van der Waals surface area contributed by atoms with Gasteiger partial charge in [-0.15, -0.1) is 0 Å². The van der Waals surface area contributed by atoms with E-state index in [-0.39, 0.29) is 0 Å². The quantitative estimate of drug-likeness (QED) is 0.465. The van der Waals surface area contributed by atoms with Crippen molar-refractivity contribution in [1.82, 2.24) is 0 Å². The first-order valence-corrected chi connectivity index (χ1v) is 5.90. The van der Waals surface area contributed by atoms with Gasteiger partial charge in [0.25, 0.3) is 0 Å². The van der Waals surface area contributed by atoms with Crippen molar-refractivity contribution in [2.45, 2.75) is 28.1 Å². The van der Waals surface area contributed by atoms with Gasteiger partial charge in [0.1, 0.15) is 0 Å². The van der Waals surface area contributed by atoms with Crippen molar-refractivity contribution in [2.24, 2.45) is 11.8 Å². The third-order valence-electron chi connectivity index (χ3n) is 2.21. The van der Waals surface area contributed by atoms with Gasteiger partial charge in [-0.3, -0.25) is 0 Å². The Labute approximate surface area is 84.4 Å². The molecule has 0 nitrogen and oxygen atoms in total. The van der Waals surface area contributed by atoms with E-state index in [2.05, 4.69) is 59.0 Å². The third kappa shape index (κ3) is 1.73. The molecule has 0 amide bonds. The largest absolute Gasteiger partial charge is 0.0823 e. The SMILES string of the molecule is CC1CC(I)C(C)C1I. The van der Waals surface area contributed by atoms with Crippen LogP contribution in [-0.4, -0.2) is 7.85 Å². The molecule has 0 spiro atoms. The second-order valence-electron chi connectivity index (χ2n) is 3.03. The molecule has 0 aromatic heterocycles. The van der Waals surface area contributed by atoms with Gasteiger partial charge in [0.2, 0.25) is 0 Å². The van der Waals surface area contributed by atoms with Gasteiger partial charge in [-0.2, -0.15) is 0 Å². The second-order valence-corrected chi connectivity index (χ2v) is 6.07. The molecule has 54 valence electrons. The molecule has 2 heteroatoms. The van der Waals surface area contributed by atoms with E-state index in [4.69, 9.17) is 0 Å². The second kappa shape index (κ2) is 3.24. The molecule has 4 atom stereocenters. The highest BCUT2D eigenvalue weighted by Gasteiger charge is 2.34. The van der Waals surface area contributed by atoms with Crippen LogP contribution in [0.15, 0.2) is 0 Å². The number of rotatable bonds is 0. The first kappa shape index (κ1) is 8.56. The van der Waals surface area contributed by atoms with Gasteiger partial charge in [-0.05, 0) is 18.3 Å². The Morgan fingerprint density at radius 2 is 1.78 bits per heavy atom. The zero-order chi connectivity index (χ0) is 7.02. The van der Waals surface area contributed by atoms with Gasteiger partial charge in [0.15, 0.2) is 0 Å². The summed E-state index contributed by atoms with van der Waals surface area (Å²) in [5.41, 5.74) is 0. The molecule has 9 heavy (non-hydrogen) atoms. The number of hydrogen-bond donors (Lipinski definition) is 0. The molecule has 1 aliphatic rings. The van der Waals surface area contributed by atoms with Gasteiger partial charge < -0.3 is 0 Å². The fraction of sp³-hybridized carbons (Fsp3) is 1.00. The maximum absolute atomic E-state index is 2.59. The Hall–Kier alpha value is 1.46. The molecule has 4 unspecified atom stereocenters. The third-order valence-corrected chi connectivity index (χ3v) is 6.22. The summed E-state index contributed by atoms with van der Waals surface area (Å²) >= 11 is 5.18. The Balaban J connectivity index is 2.54. The summed E-state index contributed by atoms with van der Waals surface area (Å²) in [6, 6.07) is 0. The fourth-order valence-electron chi connectivity index (χ4n) is 1.42. The van der Waals surface area contributed by atoms with Gasteiger partial charge in [-0.1, -0.05) is 59.0 Å². The van der Waals surface area contributed by atoms with Gasteiger partial charge in [0.05, 0.1) is 0 Å². The van der Waals surface area contributed by atoms with Crippen LogP contribution in [0.4, 0.5) is 0 Å². The van der Waals surface area contributed by atoms with Crippen LogP contribution >= 0.6 is 45.2 Å². The Bertz CT molecular complexity index is 91.1. The van der Waals surface area contributed by atoms with Crippen LogP contribution in [0.1, 0.15) is 20.3 Å². The molecule has 0 aliphatic heterocycles. The van der Waals surface area contributed by atoms with E-state index >= 15 is 0 Å². The van der Waals surface area contributed by atoms with Crippen molar-refractivity contribution in [2.75, 3.05) is 0 Å². The van der Waals surface area contributed by atoms with Crippen molar-refractivity contribution in [3.8, 4) is 0 Å². The summed E-state index contributed by atoms with van der Waals surface area (Å²) in [4.78, 5) is 0. The Morgan fingerprint density at radius 1 is 1.22 bits per heavy atom. The van der Waals surface area contributed by atoms with E-state index < -0.39 is 0 Å². The summed E-state index contributed by atoms with van der Waals surface area (Å²) in [5.74, 6) is 1.88. The van der Waals surface area contributed by atoms with Crippen LogP contribution < -0.4 is 0 Å². The summed E-state index contributed by atoms with van der Waals surface area (Å²) in [6.45, 7) is 4.74. The molecular weight excluding hydrogens is 338 g/mol. The number of alkyl halides is 2. The minimum Gasteiger partial charge on any atom is -0.0823 e. The lowest BCUT2D eigenvalue weighted by atomic mass is 10.1. The molecule has 0 saturated heterocycles. The molecule has 1 rings (SSSR count). The summed E-state index contributed by atoms with van der Waals surface area (Å²) in [5, 5.41) is 0. The molecule has 0 aromatic carbocycles. The zero-order valence-electron chi connectivity index (χ0n) is 5.77. The van der Waals surface area contributed by atoms with Gasteiger partial charge in [-0.25, -0.2) is 0 Å². The fourth-order valence-corrected chi connectivity index (χ4v) is 4.26. The average molecular weight is 350 g/mol. The van der Waals surface area contributed by atoms with Crippen LogP contribution in [0.25, 0.3) is 0 Å². The lowest BCUT2D eigenvalue weighted by Gasteiger charge is -2.11. The Kier molecular flexibility index (Phi) is 3.08. The normalized spacial score (nSPS) is 52.0. The first-order valence-electron chi connectivity index (χ1n) is 3.41. The smallest absolute Gasteiger partial charge is 0.0171 e. The molecule has 1 aliphatic carbocycles. The van der Waals surface area contributed by atoms with E-state index in [1.54, 1.807) is 0 Å². The van der Waals surface area contributed by atoms with Crippen molar-refractivity contribution in [3.63, 3.8) is 0 Å². The molecule has 0 aromatic rings. The van der Waals surface area contributed by atoms with Crippen molar-refractivity contribution < 1.29 is 0 Å². The van der Waals surface area contributed by atoms with E-state index in [0.29, 0.717) is 0 Å². The molecule has 1 saturated carbocycles. The first-order chi connectivity index (χ1) is 4.13. The van der Waals surface area contributed by atoms with Crippen molar-refractivity contribution >= 4 is 45.2 Å². The zero-order valence-corrected chi connectivity index (χ0v) is 10.1. The van der Waals surface area contributed by atoms with Crippen LogP contribution in [0.2, 0.25) is 0 Å². The van der Waals surface area contributed by atoms with Crippen LogP contribution in [0.3, 0.4) is 0 Å². The van der Waals surface area contributed by atoms with E-state index in [9.17, 15) is 0 Å². The topological polar surface area (TPSA) is 0 Å². The maximum atomic E-state index is 2.59. The van der Waals surface area contributed by atoms with E-state index in [0.717, 1.165) is 19.7 Å². The molecule has 0 radical (unpaired) electrons. The number of hydrogen-bond acceptors (Lipinski definition) is 0. The highest BCUT2D eigenvalue weighted by molar-refractivity contribution is 14.1. The van der Waals surface area contributed by atoms with Crippen LogP contribution in [0, 0.1) is 11.8 Å². The minimum absolute atomic E-state index is 0.921. The molecule has 0 heterocycles. The van der Waals surface area contributed by atoms with E-state index in [1.165, 1.54) is 6.42 Å². The lowest BCUT2D eigenvalue weighted by Crippen LogP contribution is -2.11. The Morgan fingerprint density at radius 3 is 1.89 bits per heavy atom. The standard InChI is InChI=1S/C7H12I2/c1-4-3-6(8)5(2)7(4)9/h4-7H,3H2,1-2H3. The highest BCUT2D eigenvalue weighted by atomic mass is 127. The monoisotopic (exact) mass is 350 g/mol. The predicted octanol–water partition coefficient (Wildman–Crippen LogP) is 3.27. The van der Waals surface area contributed by atoms with Crippen LogP contribution in [0.5, 0.6) is 0 Å². The van der Waals surface area contributed by atoms with Crippen molar-refractivity contribution in [1.29, 1.82) is 0 Å². The highest BCUT2D eigenvalue weighted by Crippen LogP contribution is 2.40. The van der Waals surface area contributed by atoms with Gasteiger partial charge >= 0.3 is 0 Å². The van der Waals surface area contributed by atoms with Gasteiger partial charge in [0, 0.05) is 7.85 Å². The summed E-state index contributed by atoms with van der Waals surface area (Å²) in [7, 11) is 0. The average Bonchev–Trinajstić information content (AvgIpc) is 1.98. The summed E-state index contributed by atoms with van der Waals surface area (Å²) < 4.78 is 1.85. The molecule has 0 N–H and O–H groups in total.